The third kappa shape index (κ3) is 3.57. The van der Waals surface area contributed by atoms with Crippen LogP contribution < -0.4 is 0 Å². The monoisotopic (exact) mass is 360 g/mol. The Labute approximate surface area is 161 Å². The zero-order valence-corrected chi connectivity index (χ0v) is 16.3. The highest BCUT2D eigenvalue weighted by molar-refractivity contribution is 6.10. The van der Waals surface area contributed by atoms with E-state index in [0.717, 1.165) is 42.7 Å². The lowest BCUT2D eigenvalue weighted by molar-refractivity contribution is 0.103. The van der Waals surface area contributed by atoms with Crippen LogP contribution in [0.15, 0.2) is 48.7 Å². The lowest BCUT2D eigenvalue weighted by atomic mass is 9.88. The van der Waals surface area contributed by atoms with Crippen molar-refractivity contribution in [1.82, 2.24) is 9.88 Å². The molecule has 1 aliphatic rings. The van der Waals surface area contributed by atoms with E-state index in [9.17, 15) is 4.79 Å². The highest BCUT2D eigenvalue weighted by Crippen LogP contribution is 2.33. The van der Waals surface area contributed by atoms with Gasteiger partial charge < -0.3 is 9.88 Å². The van der Waals surface area contributed by atoms with Gasteiger partial charge in [-0.2, -0.15) is 0 Å². The standard InChI is InChI=1S/C24H28N2O/c1-3-17-5-7-19(8-6-17)24(27)20-9-10-23-21(15-20)22(16-25-23)18-11-13-26(4-2)14-12-18/h5-10,15-16,18,25H,3-4,11-14H2,1-2H3. The number of rotatable bonds is 5. The molecule has 27 heavy (non-hydrogen) atoms. The van der Waals surface area contributed by atoms with Gasteiger partial charge in [0.15, 0.2) is 5.78 Å². The first kappa shape index (κ1) is 18.0. The van der Waals surface area contributed by atoms with Gasteiger partial charge in [0.25, 0.3) is 0 Å². The SMILES string of the molecule is CCc1ccc(C(=O)c2ccc3[nH]cc(C4CCN(CC)CC4)c3c2)cc1. The van der Waals surface area contributed by atoms with Crippen LogP contribution in [0.1, 0.15) is 59.7 Å². The molecule has 0 atom stereocenters. The summed E-state index contributed by atoms with van der Waals surface area (Å²) in [4.78, 5) is 18.9. The maximum Gasteiger partial charge on any atom is 0.193 e. The van der Waals surface area contributed by atoms with Gasteiger partial charge in [-0.15, -0.1) is 0 Å². The largest absolute Gasteiger partial charge is 0.361 e. The van der Waals surface area contributed by atoms with Crippen molar-refractivity contribution >= 4 is 16.7 Å². The second-order valence-electron chi connectivity index (χ2n) is 7.59. The molecular weight excluding hydrogens is 332 g/mol. The summed E-state index contributed by atoms with van der Waals surface area (Å²) in [5, 5.41) is 1.21. The Hall–Kier alpha value is -2.39. The van der Waals surface area contributed by atoms with Gasteiger partial charge in [0.1, 0.15) is 0 Å². The quantitative estimate of drug-likeness (QED) is 0.638. The molecule has 1 fully saturated rings. The van der Waals surface area contributed by atoms with Gasteiger partial charge in [0.05, 0.1) is 0 Å². The zero-order valence-electron chi connectivity index (χ0n) is 16.3. The van der Waals surface area contributed by atoms with Gasteiger partial charge in [-0.1, -0.05) is 38.1 Å². The predicted octanol–water partition coefficient (Wildman–Crippen LogP) is 5.16. The fraction of sp³-hybridized carbons (Fsp3) is 0.375. The Morgan fingerprint density at radius 2 is 1.74 bits per heavy atom. The molecular formula is C24H28N2O. The minimum absolute atomic E-state index is 0.104. The van der Waals surface area contributed by atoms with Crippen molar-refractivity contribution in [2.45, 2.75) is 39.0 Å². The van der Waals surface area contributed by atoms with Crippen molar-refractivity contribution in [2.75, 3.05) is 19.6 Å². The number of aromatic nitrogens is 1. The number of ketones is 1. The fourth-order valence-corrected chi connectivity index (χ4v) is 4.24. The molecule has 1 aromatic heterocycles. The Bertz CT molecular complexity index is 931. The van der Waals surface area contributed by atoms with Crippen LogP contribution in [0.4, 0.5) is 0 Å². The number of benzene rings is 2. The van der Waals surface area contributed by atoms with Crippen LogP contribution in [0.25, 0.3) is 10.9 Å². The number of hydrogen-bond acceptors (Lipinski definition) is 2. The van der Waals surface area contributed by atoms with E-state index in [1.807, 2.05) is 24.3 Å². The number of H-pyrrole nitrogens is 1. The molecule has 1 saturated heterocycles. The molecule has 0 unspecified atom stereocenters. The second-order valence-corrected chi connectivity index (χ2v) is 7.59. The van der Waals surface area contributed by atoms with Crippen molar-refractivity contribution < 1.29 is 4.79 Å². The molecule has 2 aromatic carbocycles. The van der Waals surface area contributed by atoms with E-state index >= 15 is 0 Å². The Morgan fingerprint density at radius 3 is 2.41 bits per heavy atom. The number of piperidine rings is 1. The molecule has 1 aliphatic heterocycles. The van der Waals surface area contributed by atoms with Crippen LogP contribution >= 0.6 is 0 Å². The molecule has 2 heterocycles. The van der Waals surface area contributed by atoms with Crippen LogP contribution in [0, 0.1) is 0 Å². The number of aryl methyl sites for hydroxylation is 1. The Kier molecular flexibility index (Phi) is 5.13. The molecule has 140 valence electrons. The summed E-state index contributed by atoms with van der Waals surface area (Å²) >= 11 is 0. The van der Waals surface area contributed by atoms with Gasteiger partial charge in [-0.25, -0.2) is 0 Å². The normalized spacial score (nSPS) is 16.1. The fourth-order valence-electron chi connectivity index (χ4n) is 4.24. The van der Waals surface area contributed by atoms with Crippen LogP contribution in [0.3, 0.4) is 0 Å². The van der Waals surface area contributed by atoms with E-state index in [0.29, 0.717) is 5.92 Å². The molecule has 0 bridgehead atoms. The van der Waals surface area contributed by atoms with E-state index in [1.165, 1.54) is 29.4 Å². The molecule has 0 radical (unpaired) electrons. The number of carbonyl (C=O) groups is 1. The Balaban J connectivity index is 1.62. The van der Waals surface area contributed by atoms with E-state index in [4.69, 9.17) is 0 Å². The molecule has 0 aliphatic carbocycles. The lowest BCUT2D eigenvalue weighted by Gasteiger charge is -2.30. The predicted molar refractivity (Wildman–Crippen MR) is 112 cm³/mol. The van der Waals surface area contributed by atoms with Crippen LogP contribution in [0.5, 0.6) is 0 Å². The number of aromatic amines is 1. The van der Waals surface area contributed by atoms with Gasteiger partial charge in [-0.3, -0.25) is 4.79 Å². The lowest BCUT2D eigenvalue weighted by Crippen LogP contribution is -2.32. The van der Waals surface area contributed by atoms with Gasteiger partial charge in [0, 0.05) is 28.2 Å². The number of nitrogens with zero attached hydrogens (tertiary/aromatic N) is 1. The van der Waals surface area contributed by atoms with Crippen molar-refractivity contribution in [3.05, 3.63) is 70.9 Å². The first-order chi connectivity index (χ1) is 13.2. The number of nitrogens with one attached hydrogen (secondary N) is 1. The minimum Gasteiger partial charge on any atom is -0.361 e. The second kappa shape index (κ2) is 7.69. The molecule has 3 aromatic rings. The minimum atomic E-state index is 0.104. The van der Waals surface area contributed by atoms with Crippen molar-refractivity contribution in [3.63, 3.8) is 0 Å². The maximum atomic E-state index is 13.0. The maximum absolute atomic E-state index is 13.0. The first-order valence-electron chi connectivity index (χ1n) is 10.2. The molecule has 1 N–H and O–H groups in total. The summed E-state index contributed by atoms with van der Waals surface area (Å²) in [7, 11) is 0. The average Bonchev–Trinajstić information content (AvgIpc) is 3.16. The summed E-state index contributed by atoms with van der Waals surface area (Å²) in [5.41, 5.74) is 5.30. The highest BCUT2D eigenvalue weighted by atomic mass is 16.1. The van der Waals surface area contributed by atoms with Gasteiger partial charge in [0.2, 0.25) is 0 Å². The summed E-state index contributed by atoms with van der Waals surface area (Å²) in [5.74, 6) is 0.684. The average molecular weight is 361 g/mol. The molecule has 0 amide bonds. The Morgan fingerprint density at radius 1 is 1.04 bits per heavy atom. The third-order valence-corrected chi connectivity index (χ3v) is 6.07. The summed E-state index contributed by atoms with van der Waals surface area (Å²) < 4.78 is 0. The smallest absolute Gasteiger partial charge is 0.193 e. The topological polar surface area (TPSA) is 36.1 Å². The van der Waals surface area contributed by atoms with Crippen molar-refractivity contribution in [1.29, 1.82) is 0 Å². The summed E-state index contributed by atoms with van der Waals surface area (Å²) in [6.07, 6.45) is 5.53. The van der Waals surface area contributed by atoms with Crippen LogP contribution in [-0.2, 0) is 6.42 Å². The molecule has 4 rings (SSSR count). The number of hydrogen-bond donors (Lipinski definition) is 1. The number of fused-ring (bicyclic) bond motifs is 1. The van der Waals surface area contributed by atoms with Crippen molar-refractivity contribution in [3.8, 4) is 0 Å². The van der Waals surface area contributed by atoms with E-state index < -0.39 is 0 Å². The molecule has 0 saturated carbocycles. The molecule has 3 heteroatoms. The summed E-state index contributed by atoms with van der Waals surface area (Å²) in [6.45, 7) is 7.82. The molecule has 3 nitrogen and oxygen atoms in total. The van der Waals surface area contributed by atoms with Crippen molar-refractivity contribution in [2.24, 2.45) is 0 Å². The third-order valence-electron chi connectivity index (χ3n) is 6.07. The van der Waals surface area contributed by atoms with E-state index in [-0.39, 0.29) is 5.78 Å². The molecule has 0 spiro atoms. The number of likely N-dealkylation sites (tertiary alicyclic amines) is 1. The van der Waals surface area contributed by atoms with Gasteiger partial charge >= 0.3 is 0 Å². The summed E-state index contributed by atoms with van der Waals surface area (Å²) in [6, 6.07) is 14.1. The first-order valence-corrected chi connectivity index (χ1v) is 10.2. The van der Waals surface area contributed by atoms with Crippen LogP contribution in [0.2, 0.25) is 0 Å². The van der Waals surface area contributed by atoms with Gasteiger partial charge in [-0.05, 0) is 74.1 Å². The van der Waals surface area contributed by atoms with E-state index in [1.54, 1.807) is 0 Å². The zero-order chi connectivity index (χ0) is 18.8. The van der Waals surface area contributed by atoms with E-state index in [2.05, 4.69) is 48.1 Å². The number of carbonyl (C=O) groups excluding carboxylic acids is 1. The highest BCUT2D eigenvalue weighted by Gasteiger charge is 2.22. The van der Waals surface area contributed by atoms with Crippen LogP contribution in [-0.4, -0.2) is 35.3 Å².